The summed E-state index contributed by atoms with van der Waals surface area (Å²) in [6.07, 6.45) is 3.33. The predicted molar refractivity (Wildman–Crippen MR) is 133 cm³/mol. The quantitative estimate of drug-likeness (QED) is 0.412. The number of hydrogen-bond acceptors (Lipinski definition) is 3. The molecule has 2 aromatic carbocycles. The molecule has 0 atom stereocenters. The van der Waals surface area contributed by atoms with Crippen LogP contribution in [0.2, 0.25) is 5.02 Å². The molecular weight excluding hydrogens is 434 g/mol. The second-order valence-electron chi connectivity index (χ2n) is 8.03. The molecule has 1 N–H and O–H groups in total. The Morgan fingerprint density at radius 2 is 1.79 bits per heavy atom. The van der Waals surface area contributed by atoms with Gasteiger partial charge in [-0.15, -0.1) is 0 Å². The van der Waals surface area contributed by atoms with E-state index in [2.05, 4.69) is 10.3 Å². The summed E-state index contributed by atoms with van der Waals surface area (Å²) >= 11 is 6.05. The minimum atomic E-state index is -0.447. The van der Waals surface area contributed by atoms with Crippen LogP contribution in [0.15, 0.2) is 77.9 Å². The molecule has 4 aromatic rings. The molecule has 0 fully saturated rings. The Morgan fingerprint density at radius 3 is 2.48 bits per heavy atom. The highest BCUT2D eigenvalue weighted by molar-refractivity contribution is 6.30. The zero-order valence-corrected chi connectivity index (χ0v) is 19.5. The molecule has 1 amide bonds. The number of aryl methyl sites for hydroxylation is 2. The first-order valence-electron chi connectivity index (χ1n) is 10.6. The summed E-state index contributed by atoms with van der Waals surface area (Å²) in [6, 6.07) is 18.4. The Morgan fingerprint density at radius 1 is 1.03 bits per heavy atom. The second-order valence-corrected chi connectivity index (χ2v) is 8.47. The fraction of sp³-hybridized carbons (Fsp3) is 0.148. The number of nitrogens with one attached hydrogen (secondary N) is 1. The van der Waals surface area contributed by atoms with Crippen molar-refractivity contribution in [2.75, 3.05) is 5.32 Å². The predicted octanol–water partition coefficient (Wildman–Crippen LogP) is 5.79. The van der Waals surface area contributed by atoms with Crippen molar-refractivity contribution in [3.63, 3.8) is 0 Å². The summed E-state index contributed by atoms with van der Waals surface area (Å²) in [7, 11) is 0. The van der Waals surface area contributed by atoms with Crippen molar-refractivity contribution in [2.45, 2.75) is 27.3 Å². The molecule has 0 aliphatic heterocycles. The summed E-state index contributed by atoms with van der Waals surface area (Å²) in [5.74, 6) is -0.447. The average Bonchev–Trinajstić information content (AvgIpc) is 2.80. The van der Waals surface area contributed by atoms with E-state index in [0.29, 0.717) is 28.5 Å². The molecule has 166 valence electrons. The van der Waals surface area contributed by atoms with Gasteiger partial charge in [-0.2, -0.15) is 0 Å². The maximum absolute atomic E-state index is 13.5. The lowest BCUT2D eigenvalue weighted by molar-refractivity contribution is 0.102. The summed E-state index contributed by atoms with van der Waals surface area (Å²) < 4.78 is 1.97. The Labute approximate surface area is 197 Å². The van der Waals surface area contributed by atoms with Gasteiger partial charge in [-0.25, -0.2) is 0 Å². The molecule has 0 aliphatic carbocycles. The van der Waals surface area contributed by atoms with Crippen LogP contribution in [0.1, 0.15) is 32.7 Å². The Kier molecular flexibility index (Phi) is 6.43. The van der Waals surface area contributed by atoms with Gasteiger partial charge in [0.25, 0.3) is 5.91 Å². The Hall–Kier alpha value is -3.70. The van der Waals surface area contributed by atoms with Gasteiger partial charge in [0, 0.05) is 47.0 Å². The Balaban J connectivity index is 1.89. The standard InChI is InChI=1S/C27H24ClN3O2/c1-17-6-4-8-23(19(17)3)30-27(33)25-24(32)14-18(2)31(16-20-9-11-22(28)12-10-20)26(25)21-7-5-13-29-15-21/h4-15H,16H2,1-3H3,(H,30,33). The molecule has 4 rings (SSSR count). The maximum atomic E-state index is 13.5. The zero-order chi connectivity index (χ0) is 23.5. The van der Waals surface area contributed by atoms with Gasteiger partial charge in [0.1, 0.15) is 5.56 Å². The van der Waals surface area contributed by atoms with Crippen molar-refractivity contribution in [2.24, 2.45) is 0 Å². The number of carbonyl (C=O) groups excluding carboxylic acids is 1. The lowest BCUT2D eigenvalue weighted by Gasteiger charge is -2.21. The third kappa shape index (κ3) is 4.73. The van der Waals surface area contributed by atoms with Gasteiger partial charge >= 0.3 is 0 Å². The van der Waals surface area contributed by atoms with E-state index < -0.39 is 5.91 Å². The van der Waals surface area contributed by atoms with Crippen LogP contribution in [0.5, 0.6) is 0 Å². The van der Waals surface area contributed by atoms with Gasteiger partial charge in [-0.3, -0.25) is 14.6 Å². The first-order chi connectivity index (χ1) is 15.8. The first-order valence-corrected chi connectivity index (χ1v) is 11.0. The number of anilines is 1. The highest BCUT2D eigenvalue weighted by Crippen LogP contribution is 2.26. The normalized spacial score (nSPS) is 10.8. The van der Waals surface area contributed by atoms with E-state index in [1.54, 1.807) is 18.5 Å². The zero-order valence-electron chi connectivity index (χ0n) is 18.7. The van der Waals surface area contributed by atoms with Gasteiger partial charge < -0.3 is 9.88 Å². The van der Waals surface area contributed by atoms with Crippen LogP contribution in [0.3, 0.4) is 0 Å². The van der Waals surface area contributed by atoms with Crippen molar-refractivity contribution in [3.8, 4) is 11.3 Å². The molecular formula is C27H24ClN3O2. The molecule has 0 bridgehead atoms. The number of amides is 1. The SMILES string of the molecule is Cc1cccc(NC(=O)c2c(-c3cccnc3)n(Cc3ccc(Cl)cc3)c(C)cc2=O)c1C. The Bertz CT molecular complexity index is 1380. The third-order valence-electron chi connectivity index (χ3n) is 5.79. The first kappa shape index (κ1) is 22.5. The number of carbonyl (C=O) groups is 1. The van der Waals surface area contributed by atoms with Crippen molar-refractivity contribution >= 4 is 23.2 Å². The fourth-order valence-electron chi connectivity index (χ4n) is 3.84. The lowest BCUT2D eigenvalue weighted by Crippen LogP contribution is -2.27. The number of pyridine rings is 2. The summed E-state index contributed by atoms with van der Waals surface area (Å²) in [5, 5.41) is 3.60. The molecule has 5 nitrogen and oxygen atoms in total. The van der Waals surface area contributed by atoms with Crippen molar-refractivity contribution in [3.05, 3.63) is 116 Å². The van der Waals surface area contributed by atoms with Crippen LogP contribution in [0.4, 0.5) is 5.69 Å². The minimum absolute atomic E-state index is 0.0865. The molecule has 0 radical (unpaired) electrons. The fourth-order valence-corrected chi connectivity index (χ4v) is 3.96. The van der Waals surface area contributed by atoms with Crippen molar-refractivity contribution in [1.82, 2.24) is 9.55 Å². The van der Waals surface area contributed by atoms with Gasteiger partial charge in [0.2, 0.25) is 0 Å². The molecule has 2 aromatic heterocycles. The van der Waals surface area contributed by atoms with Gasteiger partial charge in [-0.05, 0) is 67.8 Å². The molecule has 0 saturated heterocycles. The van der Waals surface area contributed by atoms with E-state index in [1.165, 1.54) is 6.07 Å². The molecule has 33 heavy (non-hydrogen) atoms. The van der Waals surface area contributed by atoms with Crippen molar-refractivity contribution in [1.29, 1.82) is 0 Å². The lowest BCUT2D eigenvalue weighted by atomic mass is 10.0. The maximum Gasteiger partial charge on any atom is 0.261 e. The number of hydrogen-bond donors (Lipinski definition) is 1. The summed E-state index contributed by atoms with van der Waals surface area (Å²) in [4.78, 5) is 30.9. The second kappa shape index (κ2) is 9.43. The number of nitrogens with zero attached hydrogens (tertiary/aromatic N) is 2. The molecule has 0 spiro atoms. The van der Waals surface area contributed by atoms with Crippen LogP contribution < -0.4 is 10.7 Å². The molecule has 0 aliphatic rings. The molecule has 6 heteroatoms. The van der Waals surface area contributed by atoms with Crippen molar-refractivity contribution < 1.29 is 4.79 Å². The number of rotatable bonds is 5. The van der Waals surface area contributed by atoms with Crippen LogP contribution >= 0.6 is 11.6 Å². The van der Waals surface area contributed by atoms with Crippen LogP contribution in [-0.2, 0) is 6.54 Å². The number of benzene rings is 2. The van der Waals surface area contributed by atoms with E-state index in [4.69, 9.17) is 11.6 Å². The number of halogens is 1. The summed E-state index contributed by atoms with van der Waals surface area (Å²) in [5.41, 5.74) is 5.43. The third-order valence-corrected chi connectivity index (χ3v) is 6.04. The molecule has 0 unspecified atom stereocenters. The van der Waals surface area contributed by atoms with Gasteiger partial charge in [0.05, 0.1) is 5.69 Å². The molecule has 2 heterocycles. The highest BCUT2D eigenvalue weighted by atomic mass is 35.5. The van der Waals surface area contributed by atoms with E-state index >= 15 is 0 Å². The smallest absolute Gasteiger partial charge is 0.261 e. The largest absolute Gasteiger partial charge is 0.340 e. The number of aromatic nitrogens is 2. The highest BCUT2D eigenvalue weighted by Gasteiger charge is 2.22. The van der Waals surface area contributed by atoms with E-state index in [0.717, 1.165) is 22.4 Å². The van der Waals surface area contributed by atoms with E-state index in [-0.39, 0.29) is 11.0 Å². The molecule has 0 saturated carbocycles. The monoisotopic (exact) mass is 457 g/mol. The van der Waals surface area contributed by atoms with E-state index in [9.17, 15) is 9.59 Å². The minimum Gasteiger partial charge on any atom is -0.340 e. The average molecular weight is 458 g/mol. The van der Waals surface area contributed by atoms with Crippen LogP contribution in [0, 0.1) is 20.8 Å². The van der Waals surface area contributed by atoms with Gasteiger partial charge in [-0.1, -0.05) is 35.9 Å². The summed E-state index contributed by atoms with van der Waals surface area (Å²) in [6.45, 7) is 6.26. The van der Waals surface area contributed by atoms with Crippen LogP contribution in [0.25, 0.3) is 11.3 Å². The van der Waals surface area contributed by atoms with Gasteiger partial charge in [0.15, 0.2) is 5.43 Å². The van der Waals surface area contributed by atoms with Crippen LogP contribution in [-0.4, -0.2) is 15.5 Å². The topological polar surface area (TPSA) is 64.0 Å². The van der Waals surface area contributed by atoms with E-state index in [1.807, 2.05) is 73.9 Å².